The quantitative estimate of drug-likeness (QED) is 0.668. The van der Waals surface area contributed by atoms with Crippen molar-refractivity contribution >= 4 is 23.3 Å². The van der Waals surface area contributed by atoms with Crippen molar-refractivity contribution in [1.29, 1.82) is 0 Å². The lowest BCUT2D eigenvalue weighted by Gasteiger charge is -2.18. The number of imidazole rings is 1. The molecule has 0 unspecified atom stereocenters. The molecule has 0 atom stereocenters. The second-order valence-electron chi connectivity index (χ2n) is 5.46. The molecule has 6 heteroatoms. The van der Waals surface area contributed by atoms with Gasteiger partial charge in [-0.05, 0) is 36.1 Å². The Balaban J connectivity index is 1.78. The molecule has 124 valence electrons. The second-order valence-corrected chi connectivity index (χ2v) is 6.31. The normalized spacial score (nSPS) is 10.8. The number of amides is 1. The van der Waals surface area contributed by atoms with Gasteiger partial charge in [-0.2, -0.15) is 0 Å². The Labute approximate surface area is 145 Å². The van der Waals surface area contributed by atoms with Crippen molar-refractivity contribution in [2.45, 2.75) is 11.4 Å². The van der Waals surface area contributed by atoms with Crippen molar-refractivity contribution in [3.63, 3.8) is 0 Å². The Kier molecular flexibility index (Phi) is 4.76. The molecule has 0 fully saturated rings. The van der Waals surface area contributed by atoms with E-state index in [0.717, 1.165) is 21.9 Å². The zero-order valence-corrected chi connectivity index (χ0v) is 14.7. The van der Waals surface area contributed by atoms with Gasteiger partial charge in [0, 0.05) is 37.1 Å². The third-order valence-electron chi connectivity index (χ3n) is 3.85. The fourth-order valence-electron chi connectivity index (χ4n) is 2.59. The molecular weight excluding hydrogens is 322 g/mol. The number of rotatable bonds is 5. The summed E-state index contributed by atoms with van der Waals surface area (Å²) in [5, 5.41) is 0. The molecule has 0 aliphatic carbocycles. The number of carbonyl (C=O) groups excluding carboxylic acids is 1. The number of carbonyl (C=O) groups is 1. The minimum Gasteiger partial charge on any atom is -0.496 e. The molecule has 1 amide bonds. The summed E-state index contributed by atoms with van der Waals surface area (Å²) in [6, 6.07) is 9.68. The summed E-state index contributed by atoms with van der Waals surface area (Å²) in [5.41, 5.74) is 2.49. The minimum atomic E-state index is -0.0292. The third-order valence-corrected chi connectivity index (χ3v) is 4.63. The molecule has 0 saturated heterocycles. The summed E-state index contributed by atoms with van der Waals surface area (Å²) in [6.07, 6.45) is 7.36. The summed E-state index contributed by atoms with van der Waals surface area (Å²) >= 11 is 1.64. The van der Waals surface area contributed by atoms with Crippen molar-refractivity contribution in [3.05, 3.63) is 60.0 Å². The van der Waals surface area contributed by atoms with Crippen LogP contribution in [-0.2, 0) is 6.54 Å². The van der Waals surface area contributed by atoms with E-state index >= 15 is 0 Å². The van der Waals surface area contributed by atoms with E-state index in [9.17, 15) is 4.79 Å². The van der Waals surface area contributed by atoms with Gasteiger partial charge in [-0.15, -0.1) is 11.8 Å². The third kappa shape index (κ3) is 3.23. The molecule has 3 rings (SSSR count). The van der Waals surface area contributed by atoms with Crippen LogP contribution < -0.4 is 4.74 Å². The van der Waals surface area contributed by atoms with Gasteiger partial charge in [0.15, 0.2) is 0 Å². The van der Waals surface area contributed by atoms with Crippen LogP contribution in [0.3, 0.4) is 0 Å². The van der Waals surface area contributed by atoms with E-state index in [2.05, 4.69) is 4.98 Å². The zero-order chi connectivity index (χ0) is 17.1. The maximum absolute atomic E-state index is 12.6. The van der Waals surface area contributed by atoms with Gasteiger partial charge in [0.1, 0.15) is 11.4 Å². The Morgan fingerprint density at radius 1 is 1.33 bits per heavy atom. The van der Waals surface area contributed by atoms with Gasteiger partial charge in [0.05, 0.1) is 12.7 Å². The number of methoxy groups -OCH3 is 1. The predicted molar refractivity (Wildman–Crippen MR) is 95.8 cm³/mol. The largest absolute Gasteiger partial charge is 0.496 e. The molecule has 2 aromatic heterocycles. The van der Waals surface area contributed by atoms with Crippen LogP contribution in [0, 0.1) is 0 Å². The Bertz CT molecular complexity index is 876. The van der Waals surface area contributed by atoms with Crippen LogP contribution in [0.15, 0.2) is 53.8 Å². The molecule has 24 heavy (non-hydrogen) atoms. The Morgan fingerprint density at radius 3 is 2.92 bits per heavy atom. The lowest BCUT2D eigenvalue weighted by atomic mass is 10.2. The number of hydrogen-bond acceptors (Lipinski definition) is 4. The first-order valence-corrected chi connectivity index (χ1v) is 8.74. The van der Waals surface area contributed by atoms with Crippen molar-refractivity contribution in [1.82, 2.24) is 14.3 Å². The van der Waals surface area contributed by atoms with E-state index in [1.165, 1.54) is 0 Å². The highest BCUT2D eigenvalue weighted by Gasteiger charge is 2.14. The number of fused-ring (bicyclic) bond motifs is 1. The summed E-state index contributed by atoms with van der Waals surface area (Å²) in [4.78, 5) is 19.6. The molecule has 0 aliphatic rings. The summed E-state index contributed by atoms with van der Waals surface area (Å²) in [5.74, 6) is 0.805. The van der Waals surface area contributed by atoms with Gasteiger partial charge in [0.25, 0.3) is 5.91 Å². The maximum Gasteiger partial charge on any atom is 0.255 e. The average molecular weight is 341 g/mol. The number of thioether (sulfide) groups is 1. The lowest BCUT2D eigenvalue weighted by Crippen LogP contribution is -2.26. The topological polar surface area (TPSA) is 46.8 Å². The predicted octanol–water partition coefficient (Wildman–Crippen LogP) is 3.34. The maximum atomic E-state index is 12.6. The van der Waals surface area contributed by atoms with Crippen LogP contribution in [0.2, 0.25) is 0 Å². The monoisotopic (exact) mass is 341 g/mol. The molecule has 2 heterocycles. The molecule has 0 radical (unpaired) electrons. The zero-order valence-electron chi connectivity index (χ0n) is 13.9. The fraction of sp³-hybridized carbons (Fsp3) is 0.222. The van der Waals surface area contributed by atoms with E-state index in [4.69, 9.17) is 4.74 Å². The van der Waals surface area contributed by atoms with Gasteiger partial charge in [-0.25, -0.2) is 4.98 Å². The van der Waals surface area contributed by atoms with Gasteiger partial charge >= 0.3 is 0 Å². The number of nitrogens with zero attached hydrogens (tertiary/aromatic N) is 3. The number of ether oxygens (including phenoxy) is 1. The SMILES string of the molecule is COc1cc(CN(C)C(=O)c2ccc3nccn3c2)ccc1SC. The van der Waals surface area contributed by atoms with E-state index in [1.807, 2.05) is 41.1 Å². The summed E-state index contributed by atoms with van der Waals surface area (Å²) < 4.78 is 7.25. The molecule has 0 spiro atoms. The number of hydrogen-bond donors (Lipinski definition) is 0. The van der Waals surface area contributed by atoms with Crippen LogP contribution in [0.4, 0.5) is 0 Å². The molecular formula is C18H19N3O2S. The number of pyridine rings is 1. The minimum absolute atomic E-state index is 0.0292. The van der Waals surface area contributed by atoms with Crippen molar-refractivity contribution in [2.24, 2.45) is 0 Å². The smallest absolute Gasteiger partial charge is 0.255 e. The van der Waals surface area contributed by atoms with Crippen molar-refractivity contribution in [2.75, 3.05) is 20.4 Å². The molecule has 5 nitrogen and oxygen atoms in total. The lowest BCUT2D eigenvalue weighted by molar-refractivity contribution is 0.0784. The first kappa shape index (κ1) is 16.4. The summed E-state index contributed by atoms with van der Waals surface area (Å²) in [6.45, 7) is 0.520. The van der Waals surface area contributed by atoms with E-state index in [-0.39, 0.29) is 5.91 Å². The highest BCUT2D eigenvalue weighted by molar-refractivity contribution is 7.98. The number of aromatic nitrogens is 2. The highest BCUT2D eigenvalue weighted by atomic mass is 32.2. The molecule has 3 aromatic rings. The molecule has 0 bridgehead atoms. The number of benzene rings is 1. The molecule has 0 N–H and O–H groups in total. The molecule has 0 saturated carbocycles. The Hall–Kier alpha value is -2.47. The van der Waals surface area contributed by atoms with Crippen LogP contribution in [0.5, 0.6) is 5.75 Å². The van der Waals surface area contributed by atoms with Gasteiger partial charge < -0.3 is 14.0 Å². The van der Waals surface area contributed by atoms with Crippen molar-refractivity contribution in [3.8, 4) is 5.75 Å². The summed E-state index contributed by atoms with van der Waals surface area (Å²) in [7, 11) is 3.46. The van der Waals surface area contributed by atoms with Crippen LogP contribution in [0.25, 0.3) is 5.65 Å². The van der Waals surface area contributed by atoms with Gasteiger partial charge in [0.2, 0.25) is 0 Å². The van der Waals surface area contributed by atoms with Gasteiger partial charge in [-0.3, -0.25) is 4.79 Å². The molecule has 1 aromatic carbocycles. The van der Waals surface area contributed by atoms with Crippen molar-refractivity contribution < 1.29 is 9.53 Å². The van der Waals surface area contributed by atoms with E-state index in [1.54, 1.807) is 49.3 Å². The standard InChI is InChI=1S/C18H19N3O2S/c1-20(11-13-4-6-16(24-3)15(10-13)23-2)18(22)14-5-7-17-19-8-9-21(17)12-14/h4-10,12H,11H2,1-3H3. The first-order chi connectivity index (χ1) is 11.6. The van der Waals surface area contributed by atoms with Gasteiger partial charge in [-0.1, -0.05) is 6.07 Å². The van der Waals surface area contributed by atoms with E-state index in [0.29, 0.717) is 12.1 Å². The fourth-order valence-corrected chi connectivity index (χ4v) is 3.14. The average Bonchev–Trinajstić information content (AvgIpc) is 3.08. The first-order valence-electron chi connectivity index (χ1n) is 7.51. The second kappa shape index (κ2) is 6.97. The molecule has 0 aliphatic heterocycles. The van der Waals surface area contributed by atoms with E-state index < -0.39 is 0 Å². The van der Waals surface area contributed by atoms with Crippen LogP contribution >= 0.6 is 11.8 Å². The van der Waals surface area contributed by atoms with Crippen LogP contribution in [0.1, 0.15) is 15.9 Å². The Morgan fingerprint density at radius 2 is 2.17 bits per heavy atom. The highest BCUT2D eigenvalue weighted by Crippen LogP contribution is 2.28. The van der Waals surface area contributed by atoms with Crippen LogP contribution in [-0.4, -0.2) is 40.6 Å².